The summed E-state index contributed by atoms with van der Waals surface area (Å²) in [7, 11) is -3.82. The number of anilines is 2. The Hall–Kier alpha value is -2.51. The van der Waals surface area contributed by atoms with Crippen molar-refractivity contribution in [3.63, 3.8) is 0 Å². The van der Waals surface area contributed by atoms with Crippen LogP contribution in [0.15, 0.2) is 61.2 Å². The number of hydrogen-bond donors (Lipinski definition) is 1. The van der Waals surface area contributed by atoms with Crippen molar-refractivity contribution in [2.24, 2.45) is 5.92 Å². The summed E-state index contributed by atoms with van der Waals surface area (Å²) in [5, 5.41) is 3.27. The maximum atomic E-state index is 13.1. The average Bonchev–Trinajstić information content (AvgIpc) is 3.37. The van der Waals surface area contributed by atoms with Crippen LogP contribution in [0.4, 0.5) is 11.4 Å². The molecule has 1 saturated heterocycles. The molecule has 2 fully saturated rings. The van der Waals surface area contributed by atoms with Gasteiger partial charge in [0, 0.05) is 23.2 Å². The van der Waals surface area contributed by atoms with Crippen LogP contribution in [0.1, 0.15) is 6.42 Å². The van der Waals surface area contributed by atoms with Crippen molar-refractivity contribution >= 4 is 38.9 Å². The summed E-state index contributed by atoms with van der Waals surface area (Å²) in [5.41, 5.74) is 1.05. The van der Waals surface area contributed by atoms with E-state index in [0.717, 1.165) is 0 Å². The van der Waals surface area contributed by atoms with Crippen LogP contribution in [0.3, 0.4) is 0 Å². The first-order valence-electron chi connectivity index (χ1n) is 8.81. The molecule has 4 rings (SSSR count). The van der Waals surface area contributed by atoms with E-state index in [1.807, 2.05) is 0 Å². The minimum atomic E-state index is -3.82. The van der Waals surface area contributed by atoms with Gasteiger partial charge in [-0.3, -0.25) is 9.10 Å². The molecular formula is C20H19ClN2O4S. The van der Waals surface area contributed by atoms with Crippen molar-refractivity contribution in [2.75, 3.05) is 22.8 Å². The number of rotatable bonds is 6. The van der Waals surface area contributed by atoms with E-state index >= 15 is 0 Å². The van der Waals surface area contributed by atoms with Gasteiger partial charge in [0.05, 0.1) is 5.69 Å². The minimum Gasteiger partial charge on any atom is -0.490 e. The fourth-order valence-electron chi connectivity index (χ4n) is 3.60. The summed E-state index contributed by atoms with van der Waals surface area (Å²) in [6.45, 7) is 4.27. The molecule has 6 nitrogen and oxygen atoms in total. The van der Waals surface area contributed by atoms with E-state index in [2.05, 4.69) is 11.9 Å². The molecule has 0 unspecified atom stereocenters. The van der Waals surface area contributed by atoms with Gasteiger partial charge in [0.2, 0.25) is 15.9 Å². The van der Waals surface area contributed by atoms with Crippen molar-refractivity contribution in [1.82, 2.24) is 0 Å². The predicted octanol–water partition coefficient (Wildman–Crippen LogP) is 3.45. The number of amides is 1. The monoisotopic (exact) mass is 418 g/mol. The lowest BCUT2D eigenvalue weighted by atomic mass is 10.2. The Labute approximate surface area is 168 Å². The van der Waals surface area contributed by atoms with Gasteiger partial charge in [-0.1, -0.05) is 24.3 Å². The topological polar surface area (TPSA) is 75.7 Å². The third-order valence-corrected chi connectivity index (χ3v) is 7.96. The van der Waals surface area contributed by atoms with E-state index in [-0.39, 0.29) is 5.92 Å². The quantitative estimate of drug-likeness (QED) is 0.729. The second kappa shape index (κ2) is 6.83. The molecule has 8 heteroatoms. The van der Waals surface area contributed by atoms with Crippen molar-refractivity contribution in [3.05, 3.63) is 66.2 Å². The molecule has 0 radical (unpaired) electrons. The minimum absolute atomic E-state index is 0.219. The summed E-state index contributed by atoms with van der Waals surface area (Å²) < 4.78 is 31.6. The third-order valence-electron chi connectivity index (χ3n) is 5.16. The second-order valence-corrected chi connectivity index (χ2v) is 9.44. The van der Waals surface area contributed by atoms with E-state index in [4.69, 9.17) is 16.3 Å². The number of fused-ring (bicyclic) bond motifs is 1. The van der Waals surface area contributed by atoms with Gasteiger partial charge in [0.1, 0.15) is 12.4 Å². The van der Waals surface area contributed by atoms with Gasteiger partial charge in [-0.2, -0.15) is 0 Å². The summed E-state index contributed by atoms with van der Waals surface area (Å²) in [6, 6.07) is 13.4. The molecule has 2 aromatic carbocycles. The zero-order valence-electron chi connectivity index (χ0n) is 15.0. The zero-order valence-corrected chi connectivity index (χ0v) is 16.5. The first-order valence-corrected chi connectivity index (χ1v) is 10.6. The van der Waals surface area contributed by atoms with Crippen LogP contribution in [0.5, 0.6) is 5.75 Å². The van der Waals surface area contributed by atoms with Gasteiger partial charge >= 0.3 is 0 Å². The smallest absolute Gasteiger partial charge is 0.250 e. The lowest BCUT2D eigenvalue weighted by Crippen LogP contribution is -2.42. The molecule has 1 amide bonds. The Morgan fingerprint density at radius 1 is 1.25 bits per heavy atom. The van der Waals surface area contributed by atoms with Crippen LogP contribution in [-0.2, 0) is 14.8 Å². The fourth-order valence-corrected chi connectivity index (χ4v) is 6.09. The van der Waals surface area contributed by atoms with Crippen LogP contribution < -0.4 is 14.4 Å². The Morgan fingerprint density at radius 2 is 1.93 bits per heavy atom. The van der Waals surface area contributed by atoms with Gasteiger partial charge in [0.15, 0.2) is 4.75 Å². The lowest BCUT2D eigenvalue weighted by molar-refractivity contribution is -0.116. The van der Waals surface area contributed by atoms with Crippen LogP contribution >= 0.6 is 11.6 Å². The summed E-state index contributed by atoms with van der Waals surface area (Å²) >= 11 is 5.89. The van der Waals surface area contributed by atoms with Gasteiger partial charge in [-0.25, -0.2) is 8.42 Å². The highest BCUT2D eigenvalue weighted by Gasteiger charge is 2.75. The first-order chi connectivity index (χ1) is 13.4. The molecule has 2 aromatic rings. The Morgan fingerprint density at radius 3 is 2.57 bits per heavy atom. The number of carbonyl (C=O) groups excluding carboxylic acids is 1. The van der Waals surface area contributed by atoms with Crippen molar-refractivity contribution in [3.8, 4) is 5.75 Å². The SMILES string of the molecule is C=CCOc1ccc(NC(=O)[C@@]23C[C@H]2CN(c2ccc(Cl)cc2)S3(=O)=O)cc1. The number of nitrogens with zero attached hydrogens (tertiary/aromatic N) is 1. The summed E-state index contributed by atoms with van der Waals surface area (Å²) in [6.07, 6.45) is 1.98. The number of halogens is 1. The fraction of sp³-hybridized carbons (Fsp3) is 0.250. The maximum absolute atomic E-state index is 13.1. The summed E-state index contributed by atoms with van der Waals surface area (Å²) in [4.78, 5) is 12.9. The zero-order chi connectivity index (χ0) is 19.9. The highest BCUT2D eigenvalue weighted by Crippen LogP contribution is 2.58. The molecule has 1 N–H and O–H groups in total. The predicted molar refractivity (Wildman–Crippen MR) is 109 cm³/mol. The van der Waals surface area contributed by atoms with E-state index in [9.17, 15) is 13.2 Å². The second-order valence-electron chi connectivity index (χ2n) is 6.88. The molecule has 146 valence electrons. The Bertz CT molecular complexity index is 1020. The van der Waals surface area contributed by atoms with Crippen molar-refractivity contribution in [1.29, 1.82) is 0 Å². The molecule has 1 aliphatic heterocycles. The van der Waals surface area contributed by atoms with Crippen LogP contribution in [-0.4, -0.2) is 32.2 Å². The highest BCUT2D eigenvalue weighted by atomic mass is 35.5. The van der Waals surface area contributed by atoms with E-state index in [0.29, 0.717) is 41.7 Å². The number of hydrogen-bond acceptors (Lipinski definition) is 4. The average molecular weight is 419 g/mol. The summed E-state index contributed by atoms with van der Waals surface area (Å²) in [5.74, 6) is -0.0696. The van der Waals surface area contributed by atoms with E-state index < -0.39 is 20.7 Å². The molecule has 0 aromatic heterocycles. The third kappa shape index (κ3) is 2.95. The Balaban J connectivity index is 1.52. The number of ether oxygens (including phenoxy) is 1. The van der Waals surface area contributed by atoms with Gasteiger partial charge in [-0.05, 0) is 55.0 Å². The molecule has 1 saturated carbocycles. The van der Waals surface area contributed by atoms with Gasteiger partial charge < -0.3 is 10.1 Å². The molecule has 1 aliphatic carbocycles. The molecule has 2 aliphatic rings. The molecule has 28 heavy (non-hydrogen) atoms. The van der Waals surface area contributed by atoms with E-state index in [1.165, 1.54) is 4.31 Å². The van der Waals surface area contributed by atoms with Crippen molar-refractivity contribution in [2.45, 2.75) is 11.2 Å². The molecule has 0 bridgehead atoms. The number of carbonyl (C=O) groups is 1. The first kappa shape index (κ1) is 18.8. The molecule has 2 atom stereocenters. The van der Waals surface area contributed by atoms with Crippen LogP contribution in [0.25, 0.3) is 0 Å². The number of sulfonamides is 1. The van der Waals surface area contributed by atoms with E-state index in [1.54, 1.807) is 54.6 Å². The highest BCUT2D eigenvalue weighted by molar-refractivity contribution is 7.95. The standard InChI is InChI=1S/C20H19ClN2O4S/c1-2-11-27-18-9-5-16(6-10-18)22-19(24)20-12-14(20)13-23(28(20,25)26)17-7-3-15(21)4-8-17/h2-10,14H,1,11-13H2,(H,22,24)/t14-,20+/m0/s1. The molecular weight excluding hydrogens is 400 g/mol. The number of benzene rings is 2. The van der Waals surface area contributed by atoms with Crippen LogP contribution in [0, 0.1) is 5.92 Å². The van der Waals surface area contributed by atoms with Gasteiger partial charge in [0.25, 0.3) is 0 Å². The number of nitrogens with one attached hydrogen (secondary N) is 1. The van der Waals surface area contributed by atoms with Crippen LogP contribution in [0.2, 0.25) is 5.02 Å². The maximum Gasteiger partial charge on any atom is 0.250 e. The normalized spacial score (nSPS) is 24.3. The molecule has 0 spiro atoms. The van der Waals surface area contributed by atoms with Gasteiger partial charge in [-0.15, -0.1) is 0 Å². The van der Waals surface area contributed by atoms with Crippen molar-refractivity contribution < 1.29 is 17.9 Å². The Kier molecular flexibility index (Phi) is 4.59. The lowest BCUT2D eigenvalue weighted by Gasteiger charge is -2.23. The largest absolute Gasteiger partial charge is 0.490 e. The molecule has 1 heterocycles.